The van der Waals surface area contributed by atoms with Crippen LogP contribution in [0, 0.1) is 18.7 Å². The summed E-state index contributed by atoms with van der Waals surface area (Å²) in [5.41, 5.74) is 2.00. The van der Waals surface area contributed by atoms with Gasteiger partial charge in [0.25, 0.3) is 0 Å². The smallest absolute Gasteiger partial charge is 0.127 e. The third-order valence-electron chi connectivity index (χ3n) is 4.27. The molecule has 1 aliphatic carbocycles. The Morgan fingerprint density at radius 2 is 2.00 bits per heavy atom. The van der Waals surface area contributed by atoms with E-state index in [2.05, 4.69) is 12.2 Å². The van der Waals surface area contributed by atoms with E-state index in [4.69, 9.17) is 0 Å². The molecule has 1 fully saturated rings. The van der Waals surface area contributed by atoms with Gasteiger partial charge in [-0.2, -0.15) is 0 Å². The van der Waals surface area contributed by atoms with Crippen molar-refractivity contribution in [3.63, 3.8) is 0 Å². The Labute approximate surface area is 116 Å². The Morgan fingerprint density at radius 3 is 2.68 bits per heavy atom. The highest BCUT2D eigenvalue weighted by atomic mass is 19.1. The molecule has 1 atom stereocenters. The van der Waals surface area contributed by atoms with Gasteiger partial charge in [-0.05, 0) is 31.9 Å². The number of hydrogen-bond acceptors (Lipinski definition) is 1. The van der Waals surface area contributed by atoms with Gasteiger partial charge in [-0.25, -0.2) is 4.39 Å². The van der Waals surface area contributed by atoms with Gasteiger partial charge >= 0.3 is 0 Å². The van der Waals surface area contributed by atoms with Crippen LogP contribution in [0.4, 0.5) is 4.39 Å². The molecule has 0 saturated heterocycles. The number of halogens is 1. The van der Waals surface area contributed by atoms with Crippen molar-refractivity contribution in [2.45, 2.75) is 58.4 Å². The molecule has 0 bridgehead atoms. The predicted molar refractivity (Wildman–Crippen MR) is 78.7 cm³/mol. The molecule has 1 aromatic carbocycles. The summed E-state index contributed by atoms with van der Waals surface area (Å²) in [6.45, 7) is 5.03. The van der Waals surface area contributed by atoms with Crippen LogP contribution in [-0.2, 0) is 0 Å². The molecule has 1 N–H and O–H groups in total. The second-order valence-electron chi connectivity index (χ2n) is 5.87. The van der Waals surface area contributed by atoms with Crippen LogP contribution in [0.2, 0.25) is 0 Å². The molecule has 2 heteroatoms. The summed E-state index contributed by atoms with van der Waals surface area (Å²) in [6.07, 6.45) is 7.78. The first-order valence-corrected chi connectivity index (χ1v) is 7.70. The minimum Gasteiger partial charge on any atom is -0.310 e. The Bertz CT molecular complexity index is 396. The summed E-state index contributed by atoms with van der Waals surface area (Å²) < 4.78 is 14.1. The lowest BCUT2D eigenvalue weighted by atomic mass is 9.83. The van der Waals surface area contributed by atoms with Gasteiger partial charge in [0, 0.05) is 11.6 Å². The fourth-order valence-corrected chi connectivity index (χ4v) is 3.25. The summed E-state index contributed by atoms with van der Waals surface area (Å²) >= 11 is 0. The van der Waals surface area contributed by atoms with Crippen LogP contribution in [0.1, 0.15) is 62.6 Å². The van der Waals surface area contributed by atoms with Gasteiger partial charge in [0.05, 0.1) is 0 Å². The SMILES string of the molecule is CCNC(CC1CCCCC1)c1cc(C)ccc1F. The quantitative estimate of drug-likeness (QED) is 0.808. The molecule has 1 unspecified atom stereocenters. The van der Waals surface area contributed by atoms with E-state index in [-0.39, 0.29) is 11.9 Å². The summed E-state index contributed by atoms with van der Waals surface area (Å²) in [6, 6.07) is 5.64. The van der Waals surface area contributed by atoms with E-state index in [9.17, 15) is 4.39 Å². The van der Waals surface area contributed by atoms with Gasteiger partial charge in [-0.3, -0.25) is 0 Å². The molecule has 0 amide bonds. The molecule has 106 valence electrons. The molecule has 1 aliphatic rings. The number of hydrogen-bond donors (Lipinski definition) is 1. The summed E-state index contributed by atoms with van der Waals surface area (Å²) in [5.74, 6) is 0.699. The van der Waals surface area contributed by atoms with E-state index in [1.165, 1.54) is 32.1 Å². The van der Waals surface area contributed by atoms with Gasteiger partial charge in [-0.1, -0.05) is 56.7 Å². The van der Waals surface area contributed by atoms with Gasteiger partial charge in [-0.15, -0.1) is 0 Å². The lowest BCUT2D eigenvalue weighted by Gasteiger charge is -2.27. The van der Waals surface area contributed by atoms with E-state index < -0.39 is 0 Å². The maximum absolute atomic E-state index is 14.1. The van der Waals surface area contributed by atoms with Gasteiger partial charge < -0.3 is 5.32 Å². The molecule has 19 heavy (non-hydrogen) atoms. The van der Waals surface area contributed by atoms with Crippen molar-refractivity contribution in [3.8, 4) is 0 Å². The molecule has 2 rings (SSSR count). The van der Waals surface area contributed by atoms with Crippen molar-refractivity contribution in [3.05, 3.63) is 35.1 Å². The monoisotopic (exact) mass is 263 g/mol. The Kier molecular flexibility index (Phi) is 5.38. The minimum absolute atomic E-state index is 0.0626. The average molecular weight is 263 g/mol. The molecule has 0 aliphatic heterocycles. The van der Waals surface area contributed by atoms with E-state index >= 15 is 0 Å². The Hall–Kier alpha value is -0.890. The highest BCUT2D eigenvalue weighted by Gasteiger charge is 2.21. The zero-order valence-corrected chi connectivity index (χ0v) is 12.2. The van der Waals surface area contributed by atoms with Crippen LogP contribution in [0.25, 0.3) is 0 Å². The fourth-order valence-electron chi connectivity index (χ4n) is 3.25. The first-order chi connectivity index (χ1) is 9.20. The van der Waals surface area contributed by atoms with E-state index in [0.29, 0.717) is 0 Å². The Balaban J connectivity index is 2.11. The van der Waals surface area contributed by atoms with Crippen LogP contribution in [0.3, 0.4) is 0 Å². The number of rotatable bonds is 5. The van der Waals surface area contributed by atoms with E-state index in [1.807, 2.05) is 19.1 Å². The van der Waals surface area contributed by atoms with Gasteiger partial charge in [0.15, 0.2) is 0 Å². The summed E-state index contributed by atoms with van der Waals surface area (Å²) in [4.78, 5) is 0. The van der Waals surface area contributed by atoms with E-state index in [0.717, 1.165) is 30.0 Å². The lowest BCUT2D eigenvalue weighted by Crippen LogP contribution is -2.25. The van der Waals surface area contributed by atoms with Gasteiger partial charge in [0.1, 0.15) is 5.82 Å². The minimum atomic E-state index is -0.0626. The molecule has 0 aromatic heterocycles. The van der Waals surface area contributed by atoms with E-state index in [1.54, 1.807) is 6.07 Å². The van der Waals surface area contributed by atoms with Crippen molar-refractivity contribution in [2.75, 3.05) is 6.54 Å². The molecule has 0 radical (unpaired) electrons. The second kappa shape index (κ2) is 7.04. The Morgan fingerprint density at radius 1 is 1.26 bits per heavy atom. The number of nitrogens with one attached hydrogen (secondary N) is 1. The largest absolute Gasteiger partial charge is 0.310 e. The van der Waals surface area contributed by atoms with Crippen LogP contribution in [0.5, 0.6) is 0 Å². The lowest BCUT2D eigenvalue weighted by molar-refractivity contribution is 0.298. The summed E-state index contributed by atoms with van der Waals surface area (Å²) in [5, 5.41) is 3.47. The van der Waals surface area contributed by atoms with Crippen molar-refractivity contribution < 1.29 is 4.39 Å². The summed E-state index contributed by atoms with van der Waals surface area (Å²) in [7, 11) is 0. The predicted octanol–water partition coefficient (Wildman–Crippen LogP) is 4.76. The zero-order valence-electron chi connectivity index (χ0n) is 12.2. The van der Waals surface area contributed by atoms with Crippen molar-refractivity contribution in [2.24, 2.45) is 5.92 Å². The maximum atomic E-state index is 14.1. The topological polar surface area (TPSA) is 12.0 Å². The van der Waals surface area contributed by atoms with Crippen molar-refractivity contribution in [1.29, 1.82) is 0 Å². The standard InChI is InChI=1S/C17H26FN/c1-3-19-17(12-14-7-5-4-6-8-14)15-11-13(2)9-10-16(15)18/h9-11,14,17,19H,3-8,12H2,1-2H3. The molecule has 1 nitrogen and oxygen atoms in total. The van der Waals surface area contributed by atoms with Crippen LogP contribution < -0.4 is 5.32 Å². The first kappa shape index (κ1) is 14.5. The maximum Gasteiger partial charge on any atom is 0.127 e. The third-order valence-corrected chi connectivity index (χ3v) is 4.27. The number of benzene rings is 1. The number of aryl methyl sites for hydroxylation is 1. The average Bonchev–Trinajstić information content (AvgIpc) is 2.42. The second-order valence-corrected chi connectivity index (χ2v) is 5.87. The molecule has 0 spiro atoms. The first-order valence-electron chi connectivity index (χ1n) is 7.70. The highest BCUT2D eigenvalue weighted by molar-refractivity contribution is 5.27. The normalized spacial score (nSPS) is 18.5. The molecular formula is C17H26FN. The fraction of sp³-hybridized carbons (Fsp3) is 0.647. The van der Waals surface area contributed by atoms with Crippen LogP contribution in [0.15, 0.2) is 18.2 Å². The molecule has 1 aromatic rings. The molecular weight excluding hydrogens is 237 g/mol. The van der Waals surface area contributed by atoms with Crippen LogP contribution >= 0.6 is 0 Å². The highest BCUT2D eigenvalue weighted by Crippen LogP contribution is 2.32. The molecule has 0 heterocycles. The third kappa shape index (κ3) is 4.04. The van der Waals surface area contributed by atoms with Crippen molar-refractivity contribution >= 4 is 0 Å². The van der Waals surface area contributed by atoms with Crippen LogP contribution in [-0.4, -0.2) is 6.54 Å². The zero-order chi connectivity index (χ0) is 13.7. The molecule has 1 saturated carbocycles. The van der Waals surface area contributed by atoms with Crippen molar-refractivity contribution in [1.82, 2.24) is 5.32 Å². The van der Waals surface area contributed by atoms with Gasteiger partial charge in [0.2, 0.25) is 0 Å².